The third kappa shape index (κ3) is 2.76. The molecule has 1 amide bonds. The number of nitrogens with one attached hydrogen (secondary N) is 1. The Balaban J connectivity index is 1.76. The van der Waals surface area contributed by atoms with Crippen LogP contribution in [0.4, 0.5) is 10.1 Å². The van der Waals surface area contributed by atoms with Crippen LogP contribution in [0.2, 0.25) is 0 Å². The summed E-state index contributed by atoms with van der Waals surface area (Å²) in [5, 5.41) is 3.46. The van der Waals surface area contributed by atoms with Gasteiger partial charge < -0.3 is 9.73 Å². The lowest BCUT2D eigenvalue weighted by molar-refractivity contribution is 0.102. The van der Waals surface area contributed by atoms with E-state index in [0.717, 1.165) is 16.6 Å². The fourth-order valence-corrected chi connectivity index (χ4v) is 3.94. The van der Waals surface area contributed by atoms with Crippen LogP contribution >= 0.6 is 11.3 Å². The van der Waals surface area contributed by atoms with Gasteiger partial charge in [0.1, 0.15) is 10.6 Å². The predicted molar refractivity (Wildman–Crippen MR) is 98.9 cm³/mol. The number of hydrogen-bond donors (Lipinski definition) is 1. The lowest BCUT2D eigenvalue weighted by Crippen LogP contribution is -2.12. The van der Waals surface area contributed by atoms with Crippen molar-refractivity contribution in [2.75, 3.05) is 5.32 Å². The number of hydrogen-bond acceptors (Lipinski definition) is 5. The molecule has 3 heterocycles. The molecule has 0 saturated heterocycles. The van der Waals surface area contributed by atoms with Gasteiger partial charge in [-0.3, -0.25) is 4.79 Å². The molecule has 26 heavy (non-hydrogen) atoms. The minimum Gasteiger partial charge on any atom is -0.461 e. The summed E-state index contributed by atoms with van der Waals surface area (Å²) >= 11 is 1.26. The maximum absolute atomic E-state index is 13.8. The molecule has 4 rings (SSSR count). The molecule has 0 spiro atoms. The standard InChI is InChI=1S/C19H14FN3O2S/c1-10-15-11(2)21-17(14-8-5-9-25-14)23-19(15)26-16(10)18(24)22-13-7-4-3-6-12(13)20/h3-9H,1-2H3,(H,22,24). The van der Waals surface area contributed by atoms with Crippen molar-refractivity contribution in [3.8, 4) is 11.6 Å². The Kier molecular flexibility index (Phi) is 4.00. The predicted octanol–water partition coefficient (Wildman–Crippen LogP) is 4.96. The van der Waals surface area contributed by atoms with E-state index in [4.69, 9.17) is 4.42 Å². The first-order valence-electron chi connectivity index (χ1n) is 7.92. The quantitative estimate of drug-likeness (QED) is 0.556. The summed E-state index contributed by atoms with van der Waals surface area (Å²) in [5.41, 5.74) is 1.69. The SMILES string of the molecule is Cc1nc(-c2ccco2)nc2sc(C(=O)Nc3ccccc3F)c(C)c12. The molecule has 130 valence electrons. The van der Waals surface area contributed by atoms with Crippen molar-refractivity contribution in [1.29, 1.82) is 0 Å². The number of para-hydroxylation sites is 1. The van der Waals surface area contributed by atoms with E-state index in [0.29, 0.717) is 21.3 Å². The Morgan fingerprint density at radius 2 is 1.96 bits per heavy atom. The minimum absolute atomic E-state index is 0.147. The van der Waals surface area contributed by atoms with E-state index < -0.39 is 5.82 Å². The van der Waals surface area contributed by atoms with Crippen molar-refractivity contribution in [2.45, 2.75) is 13.8 Å². The molecule has 0 atom stereocenters. The summed E-state index contributed by atoms with van der Waals surface area (Å²) in [6.07, 6.45) is 1.56. The second kappa shape index (κ2) is 6.34. The van der Waals surface area contributed by atoms with Crippen LogP contribution in [0.15, 0.2) is 47.1 Å². The normalized spacial score (nSPS) is 11.0. The highest BCUT2D eigenvalue weighted by Crippen LogP contribution is 2.33. The number of furan rings is 1. The molecule has 0 saturated carbocycles. The number of carbonyl (C=O) groups excluding carboxylic acids is 1. The molecule has 0 aliphatic heterocycles. The van der Waals surface area contributed by atoms with E-state index >= 15 is 0 Å². The average molecular weight is 367 g/mol. The highest BCUT2D eigenvalue weighted by Gasteiger charge is 2.20. The first-order chi connectivity index (χ1) is 12.5. The molecule has 3 aromatic heterocycles. The van der Waals surface area contributed by atoms with E-state index in [-0.39, 0.29) is 11.6 Å². The zero-order valence-electron chi connectivity index (χ0n) is 14.0. The molecule has 5 nitrogen and oxygen atoms in total. The van der Waals surface area contributed by atoms with Gasteiger partial charge in [0, 0.05) is 5.39 Å². The molecule has 1 N–H and O–H groups in total. The maximum atomic E-state index is 13.8. The molecule has 0 aliphatic rings. The van der Waals surface area contributed by atoms with Crippen molar-refractivity contribution in [1.82, 2.24) is 9.97 Å². The topological polar surface area (TPSA) is 68.0 Å². The third-order valence-electron chi connectivity index (χ3n) is 4.04. The maximum Gasteiger partial charge on any atom is 0.266 e. The molecular weight excluding hydrogens is 353 g/mol. The molecule has 0 fully saturated rings. The first kappa shape index (κ1) is 16.4. The molecular formula is C19H14FN3O2S. The number of halogens is 1. The van der Waals surface area contributed by atoms with Gasteiger partial charge >= 0.3 is 0 Å². The van der Waals surface area contributed by atoms with E-state index in [1.54, 1.807) is 30.5 Å². The van der Waals surface area contributed by atoms with Crippen LogP contribution in [-0.4, -0.2) is 15.9 Å². The van der Waals surface area contributed by atoms with Crippen LogP contribution in [0.1, 0.15) is 20.9 Å². The minimum atomic E-state index is -0.476. The van der Waals surface area contributed by atoms with Crippen molar-refractivity contribution in [3.05, 3.63) is 64.6 Å². The largest absolute Gasteiger partial charge is 0.461 e. The van der Waals surface area contributed by atoms with Crippen LogP contribution in [0.25, 0.3) is 21.8 Å². The van der Waals surface area contributed by atoms with Crippen LogP contribution < -0.4 is 5.32 Å². The van der Waals surface area contributed by atoms with Crippen molar-refractivity contribution >= 4 is 33.1 Å². The number of aryl methyl sites for hydroxylation is 2. The van der Waals surface area contributed by atoms with Gasteiger partial charge in [0.05, 0.1) is 22.5 Å². The number of fused-ring (bicyclic) bond motifs is 1. The average Bonchev–Trinajstić information content (AvgIpc) is 3.25. The smallest absolute Gasteiger partial charge is 0.266 e. The van der Waals surface area contributed by atoms with Gasteiger partial charge in [-0.25, -0.2) is 14.4 Å². The van der Waals surface area contributed by atoms with Crippen LogP contribution in [0, 0.1) is 19.7 Å². The number of benzene rings is 1. The van der Waals surface area contributed by atoms with Crippen molar-refractivity contribution in [3.63, 3.8) is 0 Å². The number of amides is 1. The molecule has 7 heteroatoms. The summed E-state index contributed by atoms with van der Waals surface area (Å²) in [6.45, 7) is 3.72. The number of rotatable bonds is 3. The van der Waals surface area contributed by atoms with Gasteiger partial charge in [-0.1, -0.05) is 12.1 Å². The van der Waals surface area contributed by atoms with E-state index in [2.05, 4.69) is 15.3 Å². The number of anilines is 1. The summed E-state index contributed by atoms with van der Waals surface area (Å²) in [5.74, 6) is 0.200. The summed E-state index contributed by atoms with van der Waals surface area (Å²) in [6, 6.07) is 9.62. The highest BCUT2D eigenvalue weighted by molar-refractivity contribution is 7.20. The van der Waals surface area contributed by atoms with Crippen LogP contribution in [0.3, 0.4) is 0 Å². The number of aromatic nitrogens is 2. The van der Waals surface area contributed by atoms with Crippen LogP contribution in [-0.2, 0) is 0 Å². The van der Waals surface area contributed by atoms with Gasteiger partial charge in [0.15, 0.2) is 11.6 Å². The van der Waals surface area contributed by atoms with Gasteiger partial charge in [0.25, 0.3) is 5.91 Å². The first-order valence-corrected chi connectivity index (χ1v) is 8.73. The molecule has 4 aromatic rings. The Morgan fingerprint density at radius 3 is 2.69 bits per heavy atom. The molecule has 0 bridgehead atoms. The Morgan fingerprint density at radius 1 is 1.15 bits per heavy atom. The summed E-state index contributed by atoms with van der Waals surface area (Å²) in [7, 11) is 0. The number of carbonyl (C=O) groups is 1. The molecule has 0 radical (unpaired) electrons. The number of nitrogens with zero attached hydrogens (tertiary/aromatic N) is 2. The third-order valence-corrected chi connectivity index (χ3v) is 5.23. The zero-order valence-corrected chi connectivity index (χ0v) is 14.9. The molecule has 0 aliphatic carbocycles. The highest BCUT2D eigenvalue weighted by atomic mass is 32.1. The monoisotopic (exact) mass is 367 g/mol. The Bertz CT molecular complexity index is 1120. The van der Waals surface area contributed by atoms with E-state index in [1.165, 1.54) is 23.5 Å². The zero-order chi connectivity index (χ0) is 18.3. The summed E-state index contributed by atoms with van der Waals surface area (Å²) in [4.78, 5) is 22.8. The van der Waals surface area contributed by atoms with Crippen molar-refractivity contribution in [2.24, 2.45) is 0 Å². The molecule has 1 aromatic carbocycles. The Labute approximate surface area is 152 Å². The second-order valence-electron chi connectivity index (χ2n) is 5.78. The number of thiophene rings is 1. The second-order valence-corrected chi connectivity index (χ2v) is 6.78. The van der Waals surface area contributed by atoms with E-state index in [9.17, 15) is 9.18 Å². The van der Waals surface area contributed by atoms with Gasteiger partial charge in [-0.2, -0.15) is 0 Å². The fourth-order valence-electron chi connectivity index (χ4n) is 2.81. The van der Waals surface area contributed by atoms with Gasteiger partial charge in [-0.15, -0.1) is 11.3 Å². The fraction of sp³-hybridized carbons (Fsp3) is 0.105. The Hall–Kier alpha value is -3.06. The van der Waals surface area contributed by atoms with Crippen LogP contribution in [0.5, 0.6) is 0 Å². The summed E-state index contributed by atoms with van der Waals surface area (Å²) < 4.78 is 19.2. The van der Waals surface area contributed by atoms with Gasteiger partial charge in [0.2, 0.25) is 0 Å². The van der Waals surface area contributed by atoms with Crippen molar-refractivity contribution < 1.29 is 13.6 Å². The lowest BCUT2D eigenvalue weighted by atomic mass is 10.1. The van der Waals surface area contributed by atoms with E-state index in [1.807, 2.05) is 13.8 Å². The molecule has 0 unspecified atom stereocenters. The lowest BCUT2D eigenvalue weighted by Gasteiger charge is -2.05. The van der Waals surface area contributed by atoms with Gasteiger partial charge in [-0.05, 0) is 43.7 Å².